The van der Waals surface area contributed by atoms with Crippen LogP contribution in [-0.4, -0.2) is 25.0 Å². The molecule has 2 aromatic heterocycles. The lowest BCUT2D eigenvalue weighted by Crippen LogP contribution is -1.84. The Morgan fingerprint density at radius 2 is 2.11 bits per heavy atom. The molecule has 19 heavy (non-hydrogen) atoms. The van der Waals surface area contributed by atoms with Gasteiger partial charge in [0.05, 0.1) is 11.8 Å². The van der Waals surface area contributed by atoms with Crippen molar-refractivity contribution in [2.24, 2.45) is 7.05 Å². The zero-order valence-electron chi connectivity index (χ0n) is 10.5. The maximum Gasteiger partial charge on any atom is 0.258 e. The monoisotopic (exact) mass is 256 g/mol. The number of aryl methyl sites for hydroxylation is 2. The summed E-state index contributed by atoms with van der Waals surface area (Å²) >= 11 is 0. The van der Waals surface area contributed by atoms with E-state index >= 15 is 0 Å². The summed E-state index contributed by atoms with van der Waals surface area (Å²) in [7, 11) is 1.83. The van der Waals surface area contributed by atoms with E-state index in [2.05, 4.69) is 15.2 Å². The molecule has 3 rings (SSSR count). The fraction of sp³-hybridized carbons (Fsp3) is 0.154. The number of phenolic OH excluding ortho intramolecular Hbond substituents is 1. The fourth-order valence-electron chi connectivity index (χ4n) is 1.78. The molecular weight excluding hydrogens is 244 g/mol. The molecule has 0 saturated heterocycles. The van der Waals surface area contributed by atoms with Crippen LogP contribution < -0.4 is 0 Å². The van der Waals surface area contributed by atoms with Gasteiger partial charge in [0.15, 0.2) is 0 Å². The van der Waals surface area contributed by atoms with Crippen LogP contribution in [0.1, 0.15) is 5.56 Å². The molecule has 0 fully saturated rings. The molecule has 0 amide bonds. The molecular formula is C13H12N4O2. The predicted molar refractivity (Wildman–Crippen MR) is 68.3 cm³/mol. The zero-order chi connectivity index (χ0) is 13.4. The van der Waals surface area contributed by atoms with Crippen LogP contribution in [0.3, 0.4) is 0 Å². The van der Waals surface area contributed by atoms with Crippen LogP contribution in [0.25, 0.3) is 22.8 Å². The summed E-state index contributed by atoms with van der Waals surface area (Å²) in [6.07, 6.45) is 3.49. The smallest absolute Gasteiger partial charge is 0.258 e. The van der Waals surface area contributed by atoms with E-state index in [0.29, 0.717) is 11.7 Å². The molecule has 0 aliphatic rings. The minimum Gasteiger partial charge on any atom is -0.508 e. The third-order valence-corrected chi connectivity index (χ3v) is 2.83. The molecule has 0 bridgehead atoms. The summed E-state index contributed by atoms with van der Waals surface area (Å²) in [5.74, 6) is 1.16. The third kappa shape index (κ3) is 2.08. The molecule has 0 radical (unpaired) electrons. The average Bonchev–Trinajstić information content (AvgIpc) is 3.01. The first-order valence-corrected chi connectivity index (χ1v) is 5.76. The van der Waals surface area contributed by atoms with Crippen LogP contribution in [0.4, 0.5) is 0 Å². The van der Waals surface area contributed by atoms with Crippen molar-refractivity contribution in [1.82, 2.24) is 19.9 Å². The van der Waals surface area contributed by atoms with E-state index in [1.807, 2.05) is 20.2 Å². The van der Waals surface area contributed by atoms with Gasteiger partial charge in [-0.3, -0.25) is 4.68 Å². The van der Waals surface area contributed by atoms with E-state index in [0.717, 1.165) is 16.7 Å². The molecule has 0 aliphatic heterocycles. The molecule has 1 N–H and O–H groups in total. The molecule has 0 saturated carbocycles. The molecule has 6 heteroatoms. The number of aromatic nitrogens is 4. The maximum atomic E-state index is 9.50. The van der Waals surface area contributed by atoms with Gasteiger partial charge in [0.1, 0.15) is 5.75 Å². The maximum absolute atomic E-state index is 9.50. The molecule has 3 aromatic rings. The Labute approximate surface area is 109 Å². The zero-order valence-corrected chi connectivity index (χ0v) is 10.5. The Hall–Kier alpha value is -2.63. The number of benzene rings is 1. The minimum absolute atomic E-state index is 0.246. The van der Waals surface area contributed by atoms with Gasteiger partial charge in [-0.15, -0.1) is 0 Å². The van der Waals surface area contributed by atoms with Crippen molar-refractivity contribution in [3.8, 4) is 28.6 Å². The van der Waals surface area contributed by atoms with Crippen LogP contribution in [0.2, 0.25) is 0 Å². The summed E-state index contributed by atoms with van der Waals surface area (Å²) in [6, 6.07) is 5.15. The Bertz CT molecular complexity index is 730. The van der Waals surface area contributed by atoms with Gasteiger partial charge < -0.3 is 9.63 Å². The van der Waals surface area contributed by atoms with Gasteiger partial charge in [0, 0.05) is 18.8 Å². The highest BCUT2D eigenvalue weighted by Crippen LogP contribution is 2.25. The molecule has 0 spiro atoms. The Morgan fingerprint density at radius 3 is 2.79 bits per heavy atom. The van der Waals surface area contributed by atoms with Crippen molar-refractivity contribution >= 4 is 0 Å². The highest BCUT2D eigenvalue weighted by atomic mass is 16.5. The van der Waals surface area contributed by atoms with Crippen LogP contribution >= 0.6 is 0 Å². The van der Waals surface area contributed by atoms with Crippen LogP contribution in [0.5, 0.6) is 5.75 Å². The van der Waals surface area contributed by atoms with Gasteiger partial charge >= 0.3 is 0 Å². The first-order valence-electron chi connectivity index (χ1n) is 5.76. The summed E-state index contributed by atoms with van der Waals surface area (Å²) in [5.41, 5.74) is 2.34. The Balaban J connectivity index is 1.98. The number of hydrogen-bond donors (Lipinski definition) is 1. The summed E-state index contributed by atoms with van der Waals surface area (Å²) < 4.78 is 6.91. The lowest BCUT2D eigenvalue weighted by Gasteiger charge is -1.99. The third-order valence-electron chi connectivity index (χ3n) is 2.83. The largest absolute Gasteiger partial charge is 0.508 e. The van der Waals surface area contributed by atoms with Gasteiger partial charge in [0.2, 0.25) is 5.82 Å². The topological polar surface area (TPSA) is 77.0 Å². The molecule has 1 aromatic carbocycles. The van der Waals surface area contributed by atoms with Crippen LogP contribution in [0.15, 0.2) is 35.1 Å². The molecule has 0 atom stereocenters. The van der Waals surface area contributed by atoms with Crippen molar-refractivity contribution in [2.75, 3.05) is 0 Å². The quantitative estimate of drug-likeness (QED) is 0.760. The number of phenols is 1. The van der Waals surface area contributed by atoms with Crippen molar-refractivity contribution in [1.29, 1.82) is 0 Å². The van der Waals surface area contributed by atoms with E-state index in [1.54, 1.807) is 29.1 Å². The van der Waals surface area contributed by atoms with Gasteiger partial charge in [-0.25, -0.2) is 0 Å². The lowest BCUT2D eigenvalue weighted by molar-refractivity contribution is 0.432. The first-order chi connectivity index (χ1) is 9.13. The molecule has 2 heterocycles. The molecule has 0 aliphatic carbocycles. The SMILES string of the molecule is Cc1cc(-c2nc(-c3cnn(C)c3)no2)ccc1O. The summed E-state index contributed by atoms with van der Waals surface area (Å²) in [4.78, 5) is 4.32. The van der Waals surface area contributed by atoms with Crippen molar-refractivity contribution in [3.05, 3.63) is 36.2 Å². The highest BCUT2D eigenvalue weighted by Gasteiger charge is 2.12. The van der Waals surface area contributed by atoms with Gasteiger partial charge in [-0.05, 0) is 30.7 Å². The molecule has 96 valence electrons. The second-order valence-corrected chi connectivity index (χ2v) is 4.33. The lowest BCUT2D eigenvalue weighted by atomic mass is 10.1. The van der Waals surface area contributed by atoms with E-state index in [1.165, 1.54) is 0 Å². The standard InChI is InChI=1S/C13H12N4O2/c1-8-5-9(3-4-11(8)18)13-15-12(16-19-13)10-6-14-17(2)7-10/h3-7,18H,1-2H3. The summed E-state index contributed by atoms with van der Waals surface area (Å²) in [5, 5.41) is 17.5. The average molecular weight is 256 g/mol. The number of aromatic hydroxyl groups is 1. The number of hydrogen-bond acceptors (Lipinski definition) is 5. The second kappa shape index (κ2) is 4.24. The van der Waals surface area contributed by atoms with Gasteiger partial charge in [0.25, 0.3) is 5.89 Å². The van der Waals surface area contributed by atoms with Crippen LogP contribution in [-0.2, 0) is 7.05 Å². The minimum atomic E-state index is 0.246. The van der Waals surface area contributed by atoms with E-state index in [4.69, 9.17) is 4.52 Å². The van der Waals surface area contributed by atoms with E-state index in [-0.39, 0.29) is 5.75 Å². The second-order valence-electron chi connectivity index (χ2n) is 4.33. The normalized spacial score (nSPS) is 10.8. The number of nitrogens with zero attached hydrogens (tertiary/aromatic N) is 4. The van der Waals surface area contributed by atoms with E-state index < -0.39 is 0 Å². The van der Waals surface area contributed by atoms with Crippen LogP contribution in [0, 0.1) is 6.92 Å². The van der Waals surface area contributed by atoms with Crippen molar-refractivity contribution in [2.45, 2.75) is 6.92 Å². The fourth-order valence-corrected chi connectivity index (χ4v) is 1.78. The Morgan fingerprint density at radius 1 is 1.26 bits per heavy atom. The predicted octanol–water partition coefficient (Wildman–Crippen LogP) is 2.15. The van der Waals surface area contributed by atoms with Crippen molar-refractivity contribution < 1.29 is 9.63 Å². The highest BCUT2D eigenvalue weighted by molar-refractivity contribution is 5.60. The molecule has 6 nitrogen and oxygen atoms in total. The van der Waals surface area contributed by atoms with Gasteiger partial charge in [-0.1, -0.05) is 5.16 Å². The number of rotatable bonds is 2. The van der Waals surface area contributed by atoms with E-state index in [9.17, 15) is 5.11 Å². The van der Waals surface area contributed by atoms with Gasteiger partial charge in [-0.2, -0.15) is 10.1 Å². The Kier molecular flexibility index (Phi) is 2.56. The summed E-state index contributed by atoms with van der Waals surface area (Å²) in [6.45, 7) is 1.82. The van der Waals surface area contributed by atoms with Crippen molar-refractivity contribution in [3.63, 3.8) is 0 Å². The first kappa shape index (κ1) is 11.5. The molecule has 0 unspecified atom stereocenters.